The van der Waals surface area contributed by atoms with Gasteiger partial charge in [0.25, 0.3) is 0 Å². The Kier molecular flexibility index (Phi) is 6.59. The number of imidazole rings is 1. The van der Waals surface area contributed by atoms with Crippen molar-refractivity contribution >= 4 is 5.95 Å². The van der Waals surface area contributed by atoms with Crippen LogP contribution in [0.3, 0.4) is 0 Å². The molecule has 3 aromatic carbocycles. The first kappa shape index (κ1) is 20.6. The van der Waals surface area contributed by atoms with E-state index in [0.717, 1.165) is 34.3 Å². The molecule has 0 aliphatic carbocycles. The number of nitrogens with one attached hydrogen (secondary N) is 1. The van der Waals surface area contributed by atoms with Gasteiger partial charge in [0.05, 0.1) is 18.5 Å². The van der Waals surface area contributed by atoms with Crippen molar-refractivity contribution in [2.45, 2.75) is 13.1 Å². The summed E-state index contributed by atoms with van der Waals surface area (Å²) in [4.78, 5) is 4.54. The highest BCUT2D eigenvalue weighted by Gasteiger charge is 2.12. The molecule has 0 bridgehead atoms. The topological polar surface area (TPSA) is 48.3 Å². The van der Waals surface area contributed by atoms with Gasteiger partial charge in [0.15, 0.2) is 0 Å². The summed E-state index contributed by atoms with van der Waals surface area (Å²) in [5.74, 6) is 2.04. The molecule has 31 heavy (non-hydrogen) atoms. The molecule has 1 heterocycles. The van der Waals surface area contributed by atoms with Crippen LogP contribution in [0.15, 0.2) is 85.1 Å². The van der Waals surface area contributed by atoms with Crippen molar-refractivity contribution in [2.24, 2.45) is 0 Å². The van der Waals surface area contributed by atoms with Gasteiger partial charge in [0, 0.05) is 25.8 Å². The number of halogens is 1. The lowest BCUT2D eigenvalue weighted by Crippen LogP contribution is -2.11. The summed E-state index contributed by atoms with van der Waals surface area (Å²) >= 11 is 0. The van der Waals surface area contributed by atoms with Crippen LogP contribution < -0.4 is 10.1 Å². The second-order valence-electron chi connectivity index (χ2n) is 7.03. The molecule has 6 heteroatoms. The first-order valence-corrected chi connectivity index (χ1v) is 10.1. The molecule has 0 saturated heterocycles. The minimum Gasteiger partial charge on any atom is -0.457 e. The lowest BCUT2D eigenvalue weighted by Gasteiger charge is -2.13. The Morgan fingerprint density at radius 3 is 2.48 bits per heavy atom. The highest BCUT2D eigenvalue weighted by Crippen LogP contribution is 2.25. The van der Waals surface area contributed by atoms with Gasteiger partial charge in [-0.1, -0.05) is 30.3 Å². The highest BCUT2D eigenvalue weighted by molar-refractivity contribution is 5.61. The van der Waals surface area contributed by atoms with Crippen molar-refractivity contribution in [2.75, 3.05) is 19.0 Å². The molecule has 5 nitrogen and oxygen atoms in total. The van der Waals surface area contributed by atoms with Crippen molar-refractivity contribution in [3.05, 3.63) is 96.4 Å². The molecule has 4 rings (SSSR count). The molecule has 0 atom stereocenters. The fraction of sp³-hybridized carbons (Fsp3) is 0.160. The summed E-state index contributed by atoms with van der Waals surface area (Å²) in [5.41, 5.74) is 2.87. The highest BCUT2D eigenvalue weighted by atomic mass is 19.1. The van der Waals surface area contributed by atoms with Gasteiger partial charge in [-0.2, -0.15) is 0 Å². The number of aromatic nitrogens is 2. The van der Waals surface area contributed by atoms with Gasteiger partial charge >= 0.3 is 0 Å². The lowest BCUT2D eigenvalue weighted by atomic mass is 10.1. The molecule has 4 aromatic rings. The van der Waals surface area contributed by atoms with Gasteiger partial charge in [-0.15, -0.1) is 0 Å². The molecule has 0 radical (unpaired) electrons. The third-order valence-corrected chi connectivity index (χ3v) is 4.84. The molecule has 158 valence electrons. The van der Waals surface area contributed by atoms with Crippen LogP contribution in [-0.2, 0) is 17.8 Å². The van der Waals surface area contributed by atoms with Gasteiger partial charge in [0.2, 0.25) is 5.95 Å². The molecule has 0 aliphatic heterocycles. The van der Waals surface area contributed by atoms with Crippen LogP contribution in [0.1, 0.15) is 5.56 Å². The zero-order chi connectivity index (χ0) is 21.5. The Bertz CT molecular complexity index is 1110. The number of hydrogen-bond donors (Lipinski definition) is 1. The zero-order valence-corrected chi connectivity index (χ0v) is 17.3. The Balaban J connectivity index is 1.50. The molecular formula is C25H24FN3O2. The zero-order valence-electron chi connectivity index (χ0n) is 17.3. The van der Waals surface area contributed by atoms with E-state index in [0.29, 0.717) is 19.7 Å². The van der Waals surface area contributed by atoms with Gasteiger partial charge < -0.3 is 19.4 Å². The number of rotatable bonds is 9. The van der Waals surface area contributed by atoms with Crippen LogP contribution >= 0.6 is 0 Å². The van der Waals surface area contributed by atoms with Crippen molar-refractivity contribution < 1.29 is 13.9 Å². The summed E-state index contributed by atoms with van der Waals surface area (Å²) in [5, 5.41) is 3.40. The number of methoxy groups -OCH3 is 1. The molecule has 0 saturated carbocycles. The number of ether oxygens (including phenoxy) is 2. The molecule has 0 aliphatic rings. The molecule has 0 unspecified atom stereocenters. The van der Waals surface area contributed by atoms with E-state index in [4.69, 9.17) is 9.47 Å². The largest absolute Gasteiger partial charge is 0.457 e. The van der Waals surface area contributed by atoms with Gasteiger partial charge in [-0.3, -0.25) is 0 Å². The molecule has 0 spiro atoms. The number of hydrogen-bond acceptors (Lipinski definition) is 4. The van der Waals surface area contributed by atoms with E-state index in [1.165, 1.54) is 12.1 Å². The van der Waals surface area contributed by atoms with Gasteiger partial charge in [-0.05, 0) is 54.1 Å². The Morgan fingerprint density at radius 2 is 1.71 bits per heavy atom. The fourth-order valence-corrected chi connectivity index (χ4v) is 3.30. The maximum absolute atomic E-state index is 13.3. The third kappa shape index (κ3) is 5.29. The smallest absolute Gasteiger partial charge is 0.203 e. The second-order valence-corrected chi connectivity index (χ2v) is 7.03. The van der Waals surface area contributed by atoms with Gasteiger partial charge in [-0.25, -0.2) is 9.37 Å². The lowest BCUT2D eigenvalue weighted by molar-refractivity contribution is 0.188. The van der Waals surface area contributed by atoms with Crippen LogP contribution in [0.25, 0.3) is 11.3 Å². The summed E-state index contributed by atoms with van der Waals surface area (Å²) in [6, 6.07) is 24.0. The summed E-state index contributed by atoms with van der Waals surface area (Å²) in [6.45, 7) is 1.75. The third-order valence-electron chi connectivity index (χ3n) is 4.84. The quantitative estimate of drug-likeness (QED) is 0.377. The van der Waals surface area contributed by atoms with E-state index in [9.17, 15) is 4.39 Å². The van der Waals surface area contributed by atoms with E-state index in [2.05, 4.69) is 10.3 Å². The van der Waals surface area contributed by atoms with Crippen LogP contribution in [0.4, 0.5) is 10.3 Å². The average molecular weight is 417 g/mol. The Labute approximate surface area is 181 Å². The van der Waals surface area contributed by atoms with Crippen LogP contribution in [0, 0.1) is 5.82 Å². The summed E-state index contributed by atoms with van der Waals surface area (Å²) in [6.07, 6.45) is 1.79. The molecular weight excluding hydrogens is 393 g/mol. The number of nitrogens with zero attached hydrogens (tertiary/aromatic N) is 2. The molecule has 0 amide bonds. The Morgan fingerprint density at radius 1 is 0.935 bits per heavy atom. The molecule has 1 N–H and O–H groups in total. The van der Waals surface area contributed by atoms with Crippen molar-refractivity contribution in [1.82, 2.24) is 9.55 Å². The number of para-hydroxylation sites is 1. The fourth-order valence-electron chi connectivity index (χ4n) is 3.30. The number of benzene rings is 3. The monoisotopic (exact) mass is 417 g/mol. The molecule has 1 aromatic heterocycles. The van der Waals surface area contributed by atoms with Crippen molar-refractivity contribution in [1.29, 1.82) is 0 Å². The average Bonchev–Trinajstić information content (AvgIpc) is 3.20. The number of anilines is 1. The Hall–Kier alpha value is -3.64. The molecule has 0 fully saturated rings. The van der Waals surface area contributed by atoms with Gasteiger partial charge in [0.1, 0.15) is 17.3 Å². The van der Waals surface area contributed by atoms with Crippen LogP contribution in [0.5, 0.6) is 11.5 Å². The minimum atomic E-state index is -0.261. The van der Waals surface area contributed by atoms with E-state index < -0.39 is 0 Å². The summed E-state index contributed by atoms with van der Waals surface area (Å²) in [7, 11) is 1.67. The van der Waals surface area contributed by atoms with E-state index in [-0.39, 0.29) is 5.82 Å². The normalized spacial score (nSPS) is 10.8. The predicted molar refractivity (Wildman–Crippen MR) is 120 cm³/mol. The summed E-state index contributed by atoms with van der Waals surface area (Å²) < 4.78 is 26.6. The van der Waals surface area contributed by atoms with E-state index >= 15 is 0 Å². The predicted octanol–water partition coefficient (Wildman–Crippen LogP) is 5.74. The van der Waals surface area contributed by atoms with Crippen LogP contribution in [-0.4, -0.2) is 23.3 Å². The van der Waals surface area contributed by atoms with E-state index in [1.54, 1.807) is 25.4 Å². The van der Waals surface area contributed by atoms with Crippen LogP contribution in [0.2, 0.25) is 0 Å². The van der Waals surface area contributed by atoms with Crippen molar-refractivity contribution in [3.8, 4) is 22.8 Å². The standard InChI is InChI=1S/C25H24FN3O2/c1-30-15-14-29-24(20-10-12-21(26)13-11-20)18-28-25(29)27-17-19-6-5-9-23(16-19)31-22-7-3-2-4-8-22/h2-13,16,18H,14-15,17H2,1H3,(H,27,28). The first-order valence-electron chi connectivity index (χ1n) is 10.1. The van der Waals surface area contributed by atoms with E-state index in [1.807, 2.05) is 59.2 Å². The second kappa shape index (κ2) is 9.91. The SMILES string of the molecule is COCCn1c(-c2ccc(F)cc2)cnc1NCc1cccc(Oc2ccccc2)c1. The minimum absolute atomic E-state index is 0.261. The van der Waals surface area contributed by atoms with Crippen molar-refractivity contribution in [3.63, 3.8) is 0 Å². The first-order chi connectivity index (χ1) is 15.2. The maximum atomic E-state index is 13.3. The maximum Gasteiger partial charge on any atom is 0.203 e.